The molecule has 0 spiro atoms. The Bertz CT molecular complexity index is 778. The number of hydrogen-bond acceptors (Lipinski definition) is 4. The van der Waals surface area contributed by atoms with Gasteiger partial charge in [0.25, 0.3) is 0 Å². The van der Waals surface area contributed by atoms with Crippen LogP contribution in [0.5, 0.6) is 11.5 Å². The highest BCUT2D eigenvalue weighted by atomic mass is 16.6. The van der Waals surface area contributed by atoms with Crippen molar-refractivity contribution in [2.45, 2.75) is 113 Å². The quantitative estimate of drug-likeness (QED) is 0.137. The van der Waals surface area contributed by atoms with Crippen LogP contribution in [0.25, 0.3) is 0 Å². The Morgan fingerprint density at radius 1 is 0.765 bits per heavy atom. The van der Waals surface area contributed by atoms with Gasteiger partial charge in [-0.1, -0.05) is 90.4 Å². The van der Waals surface area contributed by atoms with Gasteiger partial charge in [-0.2, -0.15) is 0 Å². The molecule has 1 rings (SSSR count). The van der Waals surface area contributed by atoms with Crippen molar-refractivity contribution in [1.82, 2.24) is 0 Å². The number of ether oxygens (including phenoxy) is 2. The molecule has 34 heavy (non-hydrogen) atoms. The summed E-state index contributed by atoms with van der Waals surface area (Å²) in [6, 6.07) is 5.36. The normalized spacial score (nSPS) is 13.6. The van der Waals surface area contributed by atoms with Crippen molar-refractivity contribution in [2.24, 2.45) is 17.8 Å². The van der Waals surface area contributed by atoms with Crippen LogP contribution in [0.4, 0.5) is 0 Å². The number of rotatable bonds is 16. The van der Waals surface area contributed by atoms with Crippen molar-refractivity contribution in [3.05, 3.63) is 35.4 Å². The Kier molecular flexibility index (Phi) is 14.5. The number of carbonyl (C=O) groups is 2. The maximum atomic E-state index is 11.4. The lowest BCUT2D eigenvalue weighted by Crippen LogP contribution is -2.07. The molecule has 0 aliphatic heterocycles. The summed E-state index contributed by atoms with van der Waals surface area (Å²) in [6.45, 7) is 14.3. The summed E-state index contributed by atoms with van der Waals surface area (Å²) in [6.07, 6.45) is 14.8. The summed E-state index contributed by atoms with van der Waals surface area (Å²) in [5.41, 5.74) is 2.39. The Hall–Kier alpha value is -2.10. The Morgan fingerprint density at radius 2 is 1.29 bits per heavy atom. The van der Waals surface area contributed by atoms with Gasteiger partial charge >= 0.3 is 11.9 Å². The molecule has 2 unspecified atom stereocenters. The van der Waals surface area contributed by atoms with Gasteiger partial charge in [0.05, 0.1) is 0 Å². The van der Waals surface area contributed by atoms with Gasteiger partial charge in [0.2, 0.25) is 0 Å². The zero-order valence-electron chi connectivity index (χ0n) is 22.7. The third-order valence-electron chi connectivity index (χ3n) is 6.34. The van der Waals surface area contributed by atoms with Gasteiger partial charge in [-0.05, 0) is 61.6 Å². The van der Waals surface area contributed by atoms with Crippen molar-refractivity contribution in [2.75, 3.05) is 0 Å². The predicted molar refractivity (Wildman–Crippen MR) is 141 cm³/mol. The molecule has 0 amide bonds. The highest BCUT2D eigenvalue weighted by Gasteiger charge is 2.11. The second kappa shape index (κ2) is 16.5. The van der Waals surface area contributed by atoms with E-state index in [1.54, 1.807) is 12.1 Å². The third kappa shape index (κ3) is 14.2. The molecule has 2 atom stereocenters. The van der Waals surface area contributed by atoms with Crippen LogP contribution in [0.3, 0.4) is 0 Å². The molecule has 0 bridgehead atoms. The lowest BCUT2D eigenvalue weighted by molar-refractivity contribution is -0.134. The molecule has 0 N–H and O–H groups in total. The van der Waals surface area contributed by atoms with Crippen molar-refractivity contribution in [1.29, 1.82) is 0 Å². The van der Waals surface area contributed by atoms with Crippen LogP contribution in [0.2, 0.25) is 0 Å². The Labute approximate surface area is 208 Å². The molecule has 0 fully saturated rings. The van der Waals surface area contributed by atoms with E-state index in [2.05, 4.69) is 40.7 Å². The number of allylic oxidation sites excluding steroid dienone is 2. The molecule has 0 radical (unpaired) electrons. The van der Waals surface area contributed by atoms with E-state index in [0.717, 1.165) is 36.2 Å². The van der Waals surface area contributed by atoms with Gasteiger partial charge in [0, 0.05) is 13.8 Å². The highest BCUT2D eigenvalue weighted by Crippen LogP contribution is 2.29. The minimum atomic E-state index is -0.442. The minimum absolute atomic E-state index is 0.270. The number of hydrogen-bond donors (Lipinski definition) is 0. The van der Waals surface area contributed by atoms with Gasteiger partial charge in [-0.15, -0.1) is 0 Å². The first kappa shape index (κ1) is 29.9. The van der Waals surface area contributed by atoms with Crippen LogP contribution in [0.15, 0.2) is 29.8 Å². The van der Waals surface area contributed by atoms with E-state index in [-0.39, 0.29) is 11.5 Å². The molecule has 0 saturated carbocycles. The summed E-state index contributed by atoms with van der Waals surface area (Å²) >= 11 is 0. The van der Waals surface area contributed by atoms with E-state index in [4.69, 9.17) is 9.47 Å². The van der Waals surface area contributed by atoms with E-state index < -0.39 is 11.9 Å². The van der Waals surface area contributed by atoms with Crippen molar-refractivity contribution < 1.29 is 19.1 Å². The Balaban J connectivity index is 2.38. The van der Waals surface area contributed by atoms with Gasteiger partial charge in [0.1, 0.15) is 0 Å². The van der Waals surface area contributed by atoms with Gasteiger partial charge < -0.3 is 9.47 Å². The molecule has 4 heteroatoms. The molecule has 1 aromatic rings. The second-order valence-electron chi connectivity index (χ2n) is 10.6. The average molecular weight is 473 g/mol. The largest absolute Gasteiger partial charge is 0.423 e. The zero-order valence-corrected chi connectivity index (χ0v) is 22.7. The molecular weight excluding hydrogens is 424 g/mol. The van der Waals surface area contributed by atoms with Gasteiger partial charge in [0.15, 0.2) is 11.5 Å². The van der Waals surface area contributed by atoms with Crippen LogP contribution in [-0.4, -0.2) is 11.9 Å². The zero-order chi connectivity index (χ0) is 25.5. The van der Waals surface area contributed by atoms with Crippen LogP contribution in [0, 0.1) is 17.8 Å². The molecule has 0 aliphatic rings. The topological polar surface area (TPSA) is 52.6 Å². The second-order valence-corrected chi connectivity index (χ2v) is 10.6. The van der Waals surface area contributed by atoms with Crippen LogP contribution in [0.1, 0.15) is 112 Å². The molecule has 0 heterocycles. The first-order valence-electron chi connectivity index (χ1n) is 13.2. The summed E-state index contributed by atoms with van der Waals surface area (Å²) in [5, 5.41) is 0. The molecular formula is C30H48O4. The van der Waals surface area contributed by atoms with Gasteiger partial charge in [-0.25, -0.2) is 0 Å². The average Bonchev–Trinajstić information content (AvgIpc) is 2.73. The smallest absolute Gasteiger partial charge is 0.308 e. The Morgan fingerprint density at radius 3 is 1.85 bits per heavy atom. The molecule has 1 aromatic carbocycles. The maximum absolute atomic E-state index is 11.4. The minimum Gasteiger partial charge on any atom is -0.423 e. The fourth-order valence-electron chi connectivity index (χ4n) is 4.25. The van der Waals surface area contributed by atoms with E-state index in [1.807, 2.05) is 6.07 Å². The van der Waals surface area contributed by atoms with Crippen LogP contribution < -0.4 is 9.47 Å². The SMILES string of the molecule is CC(=O)Oc1ccc(C/C=C(\C)CCCC(C)CCCC(C)CCCC(C)C)cc1OC(C)=O. The van der Waals surface area contributed by atoms with E-state index in [1.165, 1.54) is 70.8 Å². The predicted octanol–water partition coefficient (Wildman–Crippen LogP) is 8.47. The molecule has 0 aliphatic carbocycles. The third-order valence-corrected chi connectivity index (χ3v) is 6.34. The summed E-state index contributed by atoms with van der Waals surface area (Å²) in [7, 11) is 0. The lowest BCUT2D eigenvalue weighted by Gasteiger charge is -2.15. The molecule has 0 aromatic heterocycles. The first-order chi connectivity index (χ1) is 16.1. The molecule has 0 saturated heterocycles. The maximum Gasteiger partial charge on any atom is 0.308 e. The number of carbonyl (C=O) groups excluding carboxylic acids is 2. The lowest BCUT2D eigenvalue weighted by atomic mass is 9.91. The summed E-state index contributed by atoms with van der Waals surface area (Å²) in [4.78, 5) is 22.7. The monoisotopic (exact) mass is 472 g/mol. The van der Waals surface area contributed by atoms with Crippen LogP contribution in [-0.2, 0) is 16.0 Å². The van der Waals surface area contributed by atoms with E-state index in [9.17, 15) is 9.59 Å². The number of benzene rings is 1. The van der Waals surface area contributed by atoms with E-state index in [0.29, 0.717) is 0 Å². The summed E-state index contributed by atoms with van der Waals surface area (Å²) < 4.78 is 10.4. The van der Waals surface area contributed by atoms with E-state index >= 15 is 0 Å². The van der Waals surface area contributed by atoms with Crippen molar-refractivity contribution in [3.63, 3.8) is 0 Å². The number of esters is 2. The molecule has 192 valence electrons. The fraction of sp³-hybridized carbons (Fsp3) is 0.667. The van der Waals surface area contributed by atoms with Crippen LogP contribution >= 0.6 is 0 Å². The standard InChI is InChI=1S/C30H48O4/c1-22(2)11-8-12-23(3)13-9-14-24(4)15-10-16-25(5)17-18-28-19-20-29(33-26(6)31)30(21-28)34-27(7)32/h17,19-24H,8-16,18H2,1-7H3/b25-17+. The highest BCUT2D eigenvalue weighted by molar-refractivity contribution is 5.73. The van der Waals surface area contributed by atoms with Crippen molar-refractivity contribution in [3.8, 4) is 11.5 Å². The van der Waals surface area contributed by atoms with Gasteiger partial charge in [-0.3, -0.25) is 9.59 Å². The first-order valence-corrected chi connectivity index (χ1v) is 13.2. The molecule has 4 nitrogen and oxygen atoms in total. The summed E-state index contributed by atoms with van der Waals surface area (Å²) in [5.74, 6) is 2.15. The fourth-order valence-corrected chi connectivity index (χ4v) is 4.25. The van der Waals surface area contributed by atoms with Crippen molar-refractivity contribution >= 4 is 11.9 Å².